The van der Waals surface area contributed by atoms with Crippen LogP contribution in [0.3, 0.4) is 0 Å². The van der Waals surface area contributed by atoms with Crippen molar-refractivity contribution >= 4 is 11.6 Å². The molecule has 0 aromatic heterocycles. The van der Waals surface area contributed by atoms with Crippen molar-refractivity contribution in [1.82, 2.24) is 5.32 Å². The van der Waals surface area contributed by atoms with Crippen LogP contribution in [-0.2, 0) is 12.8 Å². The topological polar surface area (TPSA) is 12.0 Å². The standard InChI is InChI=1S/C18H21ClFN/c1-12-6-13(2)8-14(7-12)9-17(21-3)11-15-10-16(20)4-5-18(15)19/h4-8,10,17,21H,9,11H2,1-3H3. The maximum atomic E-state index is 13.4. The zero-order valence-electron chi connectivity index (χ0n) is 12.7. The van der Waals surface area contributed by atoms with E-state index in [4.69, 9.17) is 11.6 Å². The molecule has 1 nitrogen and oxygen atoms in total. The molecule has 0 spiro atoms. The normalized spacial score (nSPS) is 12.4. The molecule has 0 heterocycles. The number of rotatable bonds is 5. The lowest BCUT2D eigenvalue weighted by Crippen LogP contribution is -2.30. The molecule has 112 valence electrons. The number of likely N-dealkylation sites (N-methyl/N-ethyl adjacent to an activating group) is 1. The van der Waals surface area contributed by atoms with Crippen LogP contribution < -0.4 is 5.32 Å². The van der Waals surface area contributed by atoms with Crippen molar-refractivity contribution in [2.45, 2.75) is 32.7 Å². The minimum absolute atomic E-state index is 0.227. The van der Waals surface area contributed by atoms with Crippen molar-refractivity contribution < 1.29 is 4.39 Å². The van der Waals surface area contributed by atoms with E-state index in [2.05, 4.69) is 37.4 Å². The number of nitrogens with one attached hydrogen (secondary N) is 1. The molecule has 3 heteroatoms. The zero-order chi connectivity index (χ0) is 15.4. The first-order valence-electron chi connectivity index (χ1n) is 7.16. The largest absolute Gasteiger partial charge is 0.316 e. The average Bonchev–Trinajstić information content (AvgIpc) is 2.41. The minimum atomic E-state index is -0.240. The summed E-state index contributed by atoms with van der Waals surface area (Å²) in [5.74, 6) is -0.240. The van der Waals surface area contributed by atoms with Crippen molar-refractivity contribution in [2.75, 3.05) is 7.05 Å². The zero-order valence-corrected chi connectivity index (χ0v) is 13.5. The summed E-state index contributed by atoms with van der Waals surface area (Å²) in [6, 6.07) is 11.3. The summed E-state index contributed by atoms with van der Waals surface area (Å²) in [5.41, 5.74) is 4.67. The molecule has 1 atom stereocenters. The van der Waals surface area contributed by atoms with Crippen LogP contribution in [0.15, 0.2) is 36.4 Å². The molecule has 0 fully saturated rings. The van der Waals surface area contributed by atoms with Gasteiger partial charge in [0.15, 0.2) is 0 Å². The second-order valence-corrected chi connectivity index (χ2v) is 6.03. The Morgan fingerprint density at radius 2 is 1.71 bits per heavy atom. The first kappa shape index (κ1) is 16.0. The van der Waals surface area contributed by atoms with E-state index in [1.54, 1.807) is 6.07 Å². The highest BCUT2D eigenvalue weighted by Gasteiger charge is 2.12. The summed E-state index contributed by atoms with van der Waals surface area (Å²) in [5, 5.41) is 3.93. The van der Waals surface area contributed by atoms with E-state index < -0.39 is 0 Å². The van der Waals surface area contributed by atoms with Crippen LogP contribution in [0.4, 0.5) is 4.39 Å². The maximum Gasteiger partial charge on any atom is 0.123 e. The number of hydrogen-bond acceptors (Lipinski definition) is 1. The molecule has 1 N–H and O–H groups in total. The molecular weight excluding hydrogens is 285 g/mol. The highest BCUT2D eigenvalue weighted by molar-refractivity contribution is 6.31. The summed E-state index contributed by atoms with van der Waals surface area (Å²) in [6.45, 7) is 4.21. The summed E-state index contributed by atoms with van der Waals surface area (Å²) in [7, 11) is 1.93. The number of benzene rings is 2. The fourth-order valence-electron chi connectivity index (χ4n) is 2.71. The van der Waals surface area contributed by atoms with Crippen LogP contribution >= 0.6 is 11.6 Å². The van der Waals surface area contributed by atoms with Gasteiger partial charge in [-0.3, -0.25) is 0 Å². The van der Waals surface area contributed by atoms with Crippen LogP contribution in [0.2, 0.25) is 5.02 Å². The molecule has 0 aliphatic heterocycles. The van der Waals surface area contributed by atoms with Crippen LogP contribution in [0.1, 0.15) is 22.3 Å². The average molecular weight is 306 g/mol. The third kappa shape index (κ3) is 4.55. The molecule has 0 saturated carbocycles. The van der Waals surface area contributed by atoms with E-state index in [9.17, 15) is 4.39 Å². The molecule has 0 bridgehead atoms. The van der Waals surface area contributed by atoms with E-state index in [1.807, 2.05) is 7.05 Å². The molecule has 0 saturated heterocycles. The third-order valence-corrected chi connectivity index (χ3v) is 4.01. The van der Waals surface area contributed by atoms with Gasteiger partial charge >= 0.3 is 0 Å². The van der Waals surface area contributed by atoms with Crippen LogP contribution in [0, 0.1) is 19.7 Å². The Morgan fingerprint density at radius 1 is 1.05 bits per heavy atom. The number of aryl methyl sites for hydroxylation is 2. The molecule has 2 aromatic rings. The van der Waals surface area contributed by atoms with Gasteiger partial charge in [-0.25, -0.2) is 4.39 Å². The lowest BCUT2D eigenvalue weighted by Gasteiger charge is -2.18. The Hall–Kier alpha value is -1.38. The van der Waals surface area contributed by atoms with E-state index >= 15 is 0 Å². The highest BCUT2D eigenvalue weighted by Crippen LogP contribution is 2.20. The van der Waals surface area contributed by atoms with Gasteiger partial charge in [-0.05, 0) is 63.1 Å². The van der Waals surface area contributed by atoms with Gasteiger partial charge in [0, 0.05) is 11.1 Å². The molecule has 0 amide bonds. The molecule has 2 aromatic carbocycles. The lowest BCUT2D eigenvalue weighted by molar-refractivity contribution is 0.552. The summed E-state index contributed by atoms with van der Waals surface area (Å²) < 4.78 is 13.4. The molecule has 0 aliphatic rings. The van der Waals surface area contributed by atoms with E-state index in [0.717, 1.165) is 12.0 Å². The minimum Gasteiger partial charge on any atom is -0.316 e. The van der Waals surface area contributed by atoms with Gasteiger partial charge in [0.05, 0.1) is 0 Å². The second-order valence-electron chi connectivity index (χ2n) is 5.63. The van der Waals surface area contributed by atoms with Gasteiger partial charge in [-0.1, -0.05) is 40.9 Å². The van der Waals surface area contributed by atoms with Crippen LogP contribution in [0.25, 0.3) is 0 Å². The van der Waals surface area contributed by atoms with Crippen molar-refractivity contribution in [3.63, 3.8) is 0 Å². The van der Waals surface area contributed by atoms with Crippen molar-refractivity contribution in [1.29, 1.82) is 0 Å². The predicted octanol–water partition coefficient (Wildman–Crippen LogP) is 4.47. The predicted molar refractivity (Wildman–Crippen MR) is 87.6 cm³/mol. The second kappa shape index (κ2) is 7.06. The van der Waals surface area contributed by atoms with Gasteiger partial charge in [0.1, 0.15) is 5.82 Å². The summed E-state index contributed by atoms with van der Waals surface area (Å²) in [6.07, 6.45) is 1.60. The Labute approximate surface area is 131 Å². The fraction of sp³-hybridized carbons (Fsp3) is 0.333. The molecule has 0 radical (unpaired) electrons. The van der Waals surface area contributed by atoms with Crippen LogP contribution in [0.5, 0.6) is 0 Å². The summed E-state index contributed by atoms with van der Waals surface area (Å²) >= 11 is 6.16. The SMILES string of the molecule is CNC(Cc1cc(C)cc(C)c1)Cc1cc(F)ccc1Cl. The van der Waals surface area contributed by atoms with Crippen molar-refractivity contribution in [3.8, 4) is 0 Å². The van der Waals surface area contributed by atoms with Crippen molar-refractivity contribution in [2.24, 2.45) is 0 Å². The number of hydrogen-bond donors (Lipinski definition) is 1. The molecule has 1 unspecified atom stereocenters. The van der Waals surface area contributed by atoms with Gasteiger partial charge in [-0.15, -0.1) is 0 Å². The Morgan fingerprint density at radius 3 is 2.33 bits per heavy atom. The van der Waals surface area contributed by atoms with E-state index in [-0.39, 0.29) is 11.9 Å². The Bertz CT molecular complexity index is 604. The molecule has 0 aliphatic carbocycles. The third-order valence-electron chi connectivity index (χ3n) is 3.65. The fourth-order valence-corrected chi connectivity index (χ4v) is 2.91. The van der Waals surface area contributed by atoms with Gasteiger partial charge < -0.3 is 5.32 Å². The maximum absolute atomic E-state index is 13.4. The smallest absolute Gasteiger partial charge is 0.123 e. The van der Waals surface area contributed by atoms with E-state index in [1.165, 1.54) is 28.8 Å². The van der Waals surface area contributed by atoms with E-state index in [0.29, 0.717) is 11.4 Å². The Balaban J connectivity index is 2.14. The lowest BCUT2D eigenvalue weighted by atomic mass is 9.97. The quantitative estimate of drug-likeness (QED) is 0.859. The van der Waals surface area contributed by atoms with Gasteiger partial charge in [0.25, 0.3) is 0 Å². The van der Waals surface area contributed by atoms with Gasteiger partial charge in [0.2, 0.25) is 0 Å². The van der Waals surface area contributed by atoms with Gasteiger partial charge in [-0.2, -0.15) is 0 Å². The Kier molecular flexibility index (Phi) is 5.38. The highest BCUT2D eigenvalue weighted by atomic mass is 35.5. The van der Waals surface area contributed by atoms with Crippen LogP contribution in [-0.4, -0.2) is 13.1 Å². The monoisotopic (exact) mass is 305 g/mol. The first-order valence-corrected chi connectivity index (χ1v) is 7.54. The summed E-state index contributed by atoms with van der Waals surface area (Å²) in [4.78, 5) is 0. The molecular formula is C18H21ClFN. The first-order chi connectivity index (χ1) is 9.97. The van der Waals surface area contributed by atoms with Crippen molar-refractivity contribution in [3.05, 3.63) is 69.5 Å². The number of halogens is 2. The molecule has 2 rings (SSSR count). The molecule has 21 heavy (non-hydrogen) atoms.